The summed E-state index contributed by atoms with van der Waals surface area (Å²) >= 11 is 6.01. The van der Waals surface area contributed by atoms with Gasteiger partial charge in [0.1, 0.15) is 0 Å². The van der Waals surface area contributed by atoms with Crippen molar-refractivity contribution in [2.24, 2.45) is 0 Å². The van der Waals surface area contributed by atoms with Crippen molar-refractivity contribution in [3.63, 3.8) is 0 Å². The molecule has 0 fully saturated rings. The molecule has 19 heavy (non-hydrogen) atoms. The average Bonchev–Trinajstić information content (AvgIpc) is 2.88. The van der Waals surface area contributed by atoms with Gasteiger partial charge < -0.3 is 9.73 Å². The Kier molecular flexibility index (Phi) is 4.56. The smallest absolute Gasteiger partial charge is 0.247 e. The largest absolute Gasteiger partial charge is 0.419 e. The fraction of sp³-hybridized carbons (Fsp3) is 0.429. The number of hydrogen-bond acceptors (Lipinski definition) is 4. The van der Waals surface area contributed by atoms with Gasteiger partial charge in [-0.1, -0.05) is 25.4 Å². The van der Waals surface area contributed by atoms with E-state index in [0.29, 0.717) is 11.8 Å². The molecule has 0 aliphatic carbocycles. The molecule has 2 rings (SSSR count). The summed E-state index contributed by atoms with van der Waals surface area (Å²) in [5, 5.41) is 12.3. The summed E-state index contributed by atoms with van der Waals surface area (Å²) in [7, 11) is 0. The molecule has 0 radical (unpaired) electrons. The molecule has 4 nitrogen and oxygen atoms in total. The van der Waals surface area contributed by atoms with Crippen LogP contribution in [0.3, 0.4) is 0 Å². The van der Waals surface area contributed by atoms with Gasteiger partial charge in [0.25, 0.3) is 0 Å². The zero-order valence-corrected chi connectivity index (χ0v) is 12.2. The van der Waals surface area contributed by atoms with E-state index in [2.05, 4.69) is 29.4 Å². The number of nitrogens with zero attached hydrogens (tertiary/aromatic N) is 2. The molecule has 5 heteroatoms. The fourth-order valence-electron chi connectivity index (χ4n) is 1.92. The molecule has 1 aromatic heterocycles. The van der Waals surface area contributed by atoms with Crippen LogP contribution in [0.15, 0.2) is 22.6 Å². The fourth-order valence-corrected chi connectivity index (χ4v) is 2.04. The summed E-state index contributed by atoms with van der Waals surface area (Å²) in [6.07, 6.45) is 0.912. The van der Waals surface area contributed by atoms with Crippen LogP contribution in [0.25, 0.3) is 11.5 Å². The summed E-state index contributed by atoms with van der Waals surface area (Å²) in [6.45, 7) is 6.97. The predicted molar refractivity (Wildman–Crippen MR) is 76.2 cm³/mol. The molecule has 1 unspecified atom stereocenters. The summed E-state index contributed by atoms with van der Waals surface area (Å²) in [5.74, 6) is 1.16. The SMILES string of the molecule is CCNC(CC)c1nnc(-c2ccc(Cl)c(C)c2)o1. The highest BCUT2D eigenvalue weighted by Gasteiger charge is 2.16. The van der Waals surface area contributed by atoms with Gasteiger partial charge in [0, 0.05) is 10.6 Å². The first-order chi connectivity index (χ1) is 9.15. The molecule has 1 atom stereocenters. The van der Waals surface area contributed by atoms with Crippen LogP contribution < -0.4 is 5.32 Å². The van der Waals surface area contributed by atoms with Crippen molar-refractivity contribution in [2.75, 3.05) is 6.54 Å². The Hall–Kier alpha value is -1.39. The van der Waals surface area contributed by atoms with E-state index in [1.807, 2.05) is 25.1 Å². The first-order valence-corrected chi connectivity index (χ1v) is 6.86. The Morgan fingerprint density at radius 3 is 2.74 bits per heavy atom. The molecule has 1 heterocycles. The van der Waals surface area contributed by atoms with Gasteiger partial charge in [-0.15, -0.1) is 10.2 Å². The highest BCUT2D eigenvalue weighted by molar-refractivity contribution is 6.31. The molecular weight excluding hydrogens is 262 g/mol. The molecule has 0 aliphatic heterocycles. The first-order valence-electron chi connectivity index (χ1n) is 6.49. The van der Waals surface area contributed by atoms with Crippen LogP contribution in [0.4, 0.5) is 0 Å². The third-order valence-corrected chi connectivity index (χ3v) is 3.43. The second kappa shape index (κ2) is 6.17. The molecule has 0 saturated carbocycles. The van der Waals surface area contributed by atoms with Gasteiger partial charge in [-0.25, -0.2) is 0 Å². The Morgan fingerprint density at radius 2 is 2.11 bits per heavy atom. The van der Waals surface area contributed by atoms with Crippen molar-refractivity contribution in [3.8, 4) is 11.5 Å². The number of halogens is 1. The van der Waals surface area contributed by atoms with Crippen LogP contribution in [0.2, 0.25) is 5.02 Å². The number of nitrogens with one attached hydrogen (secondary N) is 1. The Bertz CT molecular complexity index is 553. The van der Waals surface area contributed by atoms with Gasteiger partial charge in [-0.2, -0.15) is 0 Å². The third kappa shape index (κ3) is 3.14. The molecule has 0 amide bonds. The van der Waals surface area contributed by atoms with E-state index in [4.69, 9.17) is 16.0 Å². The second-order valence-corrected chi connectivity index (χ2v) is 4.84. The topological polar surface area (TPSA) is 51.0 Å². The van der Waals surface area contributed by atoms with Crippen LogP contribution in [0.5, 0.6) is 0 Å². The predicted octanol–water partition coefficient (Wildman–Crippen LogP) is 3.76. The van der Waals surface area contributed by atoms with Gasteiger partial charge in [0.15, 0.2) is 0 Å². The van der Waals surface area contributed by atoms with E-state index in [0.717, 1.165) is 29.1 Å². The average molecular weight is 280 g/mol. The Morgan fingerprint density at radius 1 is 1.32 bits per heavy atom. The number of aromatic nitrogens is 2. The van der Waals surface area contributed by atoms with E-state index in [1.54, 1.807) is 0 Å². The quantitative estimate of drug-likeness (QED) is 0.905. The highest BCUT2D eigenvalue weighted by atomic mass is 35.5. The number of hydrogen-bond donors (Lipinski definition) is 1. The lowest BCUT2D eigenvalue weighted by Gasteiger charge is -2.10. The zero-order valence-electron chi connectivity index (χ0n) is 11.4. The molecule has 102 valence electrons. The minimum atomic E-state index is 0.111. The number of rotatable bonds is 5. The molecule has 0 aliphatic rings. The molecule has 2 aromatic rings. The van der Waals surface area contributed by atoms with Crippen LogP contribution in [-0.4, -0.2) is 16.7 Å². The third-order valence-electron chi connectivity index (χ3n) is 3.00. The Balaban J connectivity index is 2.27. The van der Waals surface area contributed by atoms with Crippen LogP contribution in [0.1, 0.15) is 37.8 Å². The van der Waals surface area contributed by atoms with E-state index in [9.17, 15) is 0 Å². The van der Waals surface area contributed by atoms with Gasteiger partial charge in [-0.05, 0) is 43.7 Å². The molecule has 1 N–H and O–H groups in total. The highest BCUT2D eigenvalue weighted by Crippen LogP contribution is 2.25. The van der Waals surface area contributed by atoms with Crippen molar-refractivity contribution in [3.05, 3.63) is 34.7 Å². The van der Waals surface area contributed by atoms with Crippen LogP contribution >= 0.6 is 11.6 Å². The van der Waals surface area contributed by atoms with Gasteiger partial charge in [-0.3, -0.25) is 0 Å². The number of aryl methyl sites for hydroxylation is 1. The van der Waals surface area contributed by atoms with Crippen molar-refractivity contribution in [1.82, 2.24) is 15.5 Å². The summed E-state index contributed by atoms with van der Waals surface area (Å²) in [4.78, 5) is 0. The Labute approximate surface area is 118 Å². The van der Waals surface area contributed by atoms with Crippen molar-refractivity contribution >= 4 is 11.6 Å². The lowest BCUT2D eigenvalue weighted by atomic mass is 10.1. The first kappa shape index (κ1) is 14.0. The number of benzene rings is 1. The molecule has 0 spiro atoms. The van der Waals surface area contributed by atoms with E-state index >= 15 is 0 Å². The van der Waals surface area contributed by atoms with E-state index in [-0.39, 0.29) is 6.04 Å². The molecule has 0 saturated heterocycles. The maximum absolute atomic E-state index is 6.01. The summed E-state index contributed by atoms with van der Waals surface area (Å²) in [6, 6.07) is 5.80. The van der Waals surface area contributed by atoms with Crippen molar-refractivity contribution < 1.29 is 4.42 Å². The monoisotopic (exact) mass is 279 g/mol. The van der Waals surface area contributed by atoms with Crippen LogP contribution in [0, 0.1) is 6.92 Å². The molecular formula is C14H18ClN3O. The maximum Gasteiger partial charge on any atom is 0.247 e. The summed E-state index contributed by atoms with van der Waals surface area (Å²) < 4.78 is 5.74. The van der Waals surface area contributed by atoms with Crippen molar-refractivity contribution in [2.45, 2.75) is 33.2 Å². The second-order valence-electron chi connectivity index (χ2n) is 4.43. The van der Waals surface area contributed by atoms with Gasteiger partial charge in [0.05, 0.1) is 6.04 Å². The molecule has 1 aromatic carbocycles. The summed E-state index contributed by atoms with van der Waals surface area (Å²) in [5.41, 5.74) is 1.89. The maximum atomic E-state index is 6.01. The van der Waals surface area contributed by atoms with E-state index in [1.165, 1.54) is 0 Å². The van der Waals surface area contributed by atoms with Gasteiger partial charge >= 0.3 is 0 Å². The van der Waals surface area contributed by atoms with Crippen molar-refractivity contribution in [1.29, 1.82) is 0 Å². The standard InChI is InChI=1S/C14H18ClN3O/c1-4-12(16-5-2)14-18-17-13(19-14)10-6-7-11(15)9(3)8-10/h6-8,12,16H,4-5H2,1-3H3. The normalized spacial score (nSPS) is 12.6. The minimum absolute atomic E-state index is 0.111. The van der Waals surface area contributed by atoms with Gasteiger partial charge in [0.2, 0.25) is 11.8 Å². The lowest BCUT2D eigenvalue weighted by molar-refractivity contribution is 0.402. The molecule has 0 bridgehead atoms. The van der Waals surface area contributed by atoms with Crippen LogP contribution in [-0.2, 0) is 0 Å². The minimum Gasteiger partial charge on any atom is -0.419 e. The zero-order chi connectivity index (χ0) is 13.8. The lowest BCUT2D eigenvalue weighted by Crippen LogP contribution is -2.20. The van der Waals surface area contributed by atoms with E-state index < -0.39 is 0 Å².